The highest BCUT2D eigenvalue weighted by Crippen LogP contribution is 2.44. The van der Waals surface area contributed by atoms with Crippen LogP contribution in [0.25, 0.3) is 11.1 Å². The van der Waals surface area contributed by atoms with Crippen molar-refractivity contribution in [3.05, 3.63) is 85.4 Å². The van der Waals surface area contributed by atoms with Gasteiger partial charge in [-0.1, -0.05) is 29.8 Å². The highest BCUT2D eigenvalue weighted by atomic mass is 35.5. The van der Waals surface area contributed by atoms with E-state index in [1.54, 1.807) is 0 Å². The van der Waals surface area contributed by atoms with Crippen molar-refractivity contribution in [2.45, 2.75) is 23.1 Å². The normalized spacial score (nSPS) is 12.2. The quantitative estimate of drug-likeness (QED) is 0.288. The van der Waals surface area contributed by atoms with Gasteiger partial charge in [-0.2, -0.15) is 8.42 Å². The fraction of sp³-hybridized carbons (Fsp3) is 0.100. The molecule has 13 nitrogen and oxygen atoms in total. The molecule has 0 aliphatic rings. The number of halogens is 4. The largest absolute Gasteiger partial charge is 0.573 e. The van der Waals surface area contributed by atoms with Crippen molar-refractivity contribution in [3.8, 4) is 16.9 Å². The minimum atomic E-state index is -5.40. The Bertz CT molecular complexity index is 1700. The number of nitro groups is 2. The second kappa shape index (κ2) is 10.3. The van der Waals surface area contributed by atoms with Crippen molar-refractivity contribution < 1.29 is 44.7 Å². The van der Waals surface area contributed by atoms with Gasteiger partial charge in [-0.05, 0) is 54.4 Å². The van der Waals surface area contributed by atoms with Crippen LogP contribution in [0.5, 0.6) is 5.75 Å². The van der Waals surface area contributed by atoms with E-state index in [1.165, 1.54) is 19.1 Å². The number of alkyl halides is 3. The Balaban J connectivity index is 2.25. The van der Waals surface area contributed by atoms with Crippen LogP contribution in [0.15, 0.2) is 64.4 Å². The highest BCUT2D eigenvalue weighted by Gasteiger charge is 2.39. The van der Waals surface area contributed by atoms with Crippen molar-refractivity contribution in [1.82, 2.24) is 0 Å². The van der Waals surface area contributed by atoms with Gasteiger partial charge in [0.1, 0.15) is 5.69 Å². The van der Waals surface area contributed by atoms with Crippen LogP contribution >= 0.6 is 11.6 Å². The Kier molecular flexibility index (Phi) is 7.79. The predicted molar refractivity (Wildman–Crippen MR) is 129 cm³/mol. The lowest BCUT2D eigenvalue weighted by molar-refractivity contribution is -0.474. The molecular formula is C20H14ClF3N4O9S2. The SMILES string of the molecule is Cc1c(Cl)cccc1N([N+](=O)[O-])S(=O)(=O)c1ccc(-c2c(S(N)(=O)=O)ccc(OC(F)(F)F)c2[N+](=O)[O-])cc1. The standard InChI is InChI=1S/C20H14ClF3N4O9S2/c1-11-14(21)3-2-4-15(11)26(28(31)32)39(35,36)13-7-5-12(6-8-13)18-17(38(25,33)34)10-9-16(19(18)27(29)30)37-20(22,23)24/h2-10H,1H3,(H2,25,33,34). The molecule has 2 N–H and O–H groups in total. The Morgan fingerprint density at radius 1 is 0.974 bits per heavy atom. The molecule has 0 fully saturated rings. The molecule has 3 aromatic rings. The Morgan fingerprint density at radius 3 is 2.05 bits per heavy atom. The van der Waals surface area contributed by atoms with Crippen LogP contribution in [0.2, 0.25) is 5.02 Å². The molecule has 19 heteroatoms. The predicted octanol–water partition coefficient (Wildman–Crippen LogP) is 4.16. The topological polar surface area (TPSA) is 193 Å². The van der Waals surface area contributed by atoms with Gasteiger partial charge < -0.3 is 4.74 Å². The van der Waals surface area contributed by atoms with Crippen LogP contribution in [-0.4, -0.2) is 33.2 Å². The summed E-state index contributed by atoms with van der Waals surface area (Å²) >= 11 is 5.95. The van der Waals surface area contributed by atoms with E-state index in [2.05, 4.69) is 4.74 Å². The monoisotopic (exact) mass is 610 g/mol. The number of hydrogen-bond acceptors (Lipinski definition) is 9. The number of nitrogens with two attached hydrogens (primary N) is 1. The molecular weight excluding hydrogens is 597 g/mol. The second-order valence-corrected chi connectivity index (χ2v) is 11.2. The molecule has 3 rings (SSSR count). The summed E-state index contributed by atoms with van der Waals surface area (Å²) < 4.78 is 92.6. The Morgan fingerprint density at radius 2 is 1.56 bits per heavy atom. The van der Waals surface area contributed by atoms with Crippen LogP contribution in [0, 0.1) is 27.2 Å². The van der Waals surface area contributed by atoms with E-state index in [-0.39, 0.29) is 15.0 Å². The first-order valence-electron chi connectivity index (χ1n) is 10.0. The summed E-state index contributed by atoms with van der Waals surface area (Å²) in [6, 6.07) is 7.73. The van der Waals surface area contributed by atoms with Gasteiger partial charge in [-0.15, -0.1) is 13.2 Å². The molecule has 0 atom stereocenters. The summed E-state index contributed by atoms with van der Waals surface area (Å²) in [7, 11) is -9.74. The molecule has 0 amide bonds. The minimum absolute atomic E-state index is 0.0219. The van der Waals surface area contributed by atoms with E-state index < -0.39 is 74.4 Å². The van der Waals surface area contributed by atoms with Crippen LogP contribution in [0.3, 0.4) is 0 Å². The molecule has 0 heterocycles. The van der Waals surface area contributed by atoms with Gasteiger partial charge in [0.05, 0.1) is 20.3 Å². The number of primary sulfonamides is 1. The van der Waals surface area contributed by atoms with Gasteiger partial charge in [0.2, 0.25) is 15.8 Å². The summed E-state index contributed by atoms with van der Waals surface area (Å²) in [5, 5.41) is 27.4. The number of nitrogens with zero attached hydrogens (tertiary/aromatic N) is 3. The van der Waals surface area contributed by atoms with Crippen molar-refractivity contribution in [2.75, 3.05) is 4.41 Å². The zero-order valence-corrected chi connectivity index (χ0v) is 21.5. The van der Waals surface area contributed by atoms with Gasteiger partial charge in [0.15, 0.2) is 5.03 Å². The van der Waals surface area contributed by atoms with E-state index in [0.29, 0.717) is 12.1 Å². The third kappa shape index (κ3) is 6.03. The average Bonchev–Trinajstić information content (AvgIpc) is 2.79. The second-order valence-electron chi connectivity index (χ2n) is 7.53. The van der Waals surface area contributed by atoms with E-state index in [4.69, 9.17) is 16.7 Å². The first-order chi connectivity index (χ1) is 17.9. The summed E-state index contributed by atoms with van der Waals surface area (Å²) in [5.41, 5.74) is -3.20. The molecule has 0 aliphatic heterocycles. The molecule has 0 spiro atoms. The number of ether oxygens (including phenoxy) is 1. The Hall–Kier alpha value is -4.00. The average molecular weight is 611 g/mol. The molecule has 0 aliphatic carbocycles. The highest BCUT2D eigenvalue weighted by molar-refractivity contribution is 7.92. The van der Waals surface area contributed by atoms with Crippen molar-refractivity contribution >= 4 is 43.0 Å². The molecule has 39 heavy (non-hydrogen) atoms. The van der Waals surface area contributed by atoms with Crippen LogP contribution in [0.1, 0.15) is 5.56 Å². The number of rotatable bonds is 8. The van der Waals surface area contributed by atoms with Gasteiger partial charge >= 0.3 is 22.1 Å². The third-order valence-electron chi connectivity index (χ3n) is 5.08. The van der Waals surface area contributed by atoms with Gasteiger partial charge in [0, 0.05) is 9.44 Å². The molecule has 0 aromatic heterocycles. The van der Waals surface area contributed by atoms with E-state index >= 15 is 0 Å². The molecule has 0 saturated carbocycles. The van der Waals surface area contributed by atoms with E-state index in [9.17, 15) is 50.2 Å². The van der Waals surface area contributed by atoms with Crippen LogP contribution in [-0.2, 0) is 20.0 Å². The first kappa shape index (κ1) is 29.6. The zero-order valence-electron chi connectivity index (χ0n) is 19.1. The molecule has 0 unspecified atom stereocenters. The fourth-order valence-electron chi connectivity index (χ4n) is 3.46. The van der Waals surface area contributed by atoms with Gasteiger partial charge in [-0.25, -0.2) is 23.7 Å². The summed E-state index contributed by atoms with van der Waals surface area (Å²) in [5.74, 6) is -1.37. The molecule has 0 bridgehead atoms. The summed E-state index contributed by atoms with van der Waals surface area (Å²) in [6.45, 7) is 1.33. The maximum absolute atomic E-state index is 13.2. The molecule has 0 saturated heterocycles. The lowest BCUT2D eigenvalue weighted by Crippen LogP contribution is -2.36. The van der Waals surface area contributed by atoms with Crippen molar-refractivity contribution in [1.29, 1.82) is 0 Å². The third-order valence-corrected chi connectivity index (χ3v) is 8.10. The van der Waals surface area contributed by atoms with Crippen LogP contribution < -0.4 is 14.3 Å². The molecule has 208 valence electrons. The molecule has 3 aromatic carbocycles. The van der Waals surface area contributed by atoms with E-state index in [1.807, 2.05) is 0 Å². The maximum Gasteiger partial charge on any atom is 0.573 e. The lowest BCUT2D eigenvalue weighted by Gasteiger charge is -2.17. The van der Waals surface area contributed by atoms with Gasteiger partial charge in [-0.3, -0.25) is 10.1 Å². The summed E-state index contributed by atoms with van der Waals surface area (Å²) in [6.07, 6.45) is -5.40. The Labute approximate surface area is 222 Å². The number of hydrazine groups is 1. The number of benzene rings is 3. The minimum Gasteiger partial charge on any atom is -0.398 e. The van der Waals surface area contributed by atoms with Gasteiger partial charge in [0.25, 0.3) is 0 Å². The maximum atomic E-state index is 13.2. The van der Waals surface area contributed by atoms with Crippen molar-refractivity contribution in [2.24, 2.45) is 5.14 Å². The number of nitro benzene ring substituents is 1. The molecule has 0 radical (unpaired) electrons. The van der Waals surface area contributed by atoms with Crippen LogP contribution in [0.4, 0.5) is 24.5 Å². The summed E-state index contributed by atoms with van der Waals surface area (Å²) in [4.78, 5) is 20.4. The first-order valence-corrected chi connectivity index (χ1v) is 13.4. The smallest absolute Gasteiger partial charge is 0.398 e. The zero-order chi connectivity index (χ0) is 29.5. The van der Waals surface area contributed by atoms with E-state index in [0.717, 1.165) is 30.3 Å². The lowest BCUT2D eigenvalue weighted by atomic mass is 10.0. The number of sulfonamides is 2. The fourth-order valence-corrected chi connectivity index (χ4v) is 5.70. The number of anilines is 1. The number of hydrogen-bond donors (Lipinski definition) is 1. The van der Waals surface area contributed by atoms with Crippen molar-refractivity contribution in [3.63, 3.8) is 0 Å².